The van der Waals surface area contributed by atoms with Crippen LogP contribution < -0.4 is 4.84 Å². The van der Waals surface area contributed by atoms with Crippen molar-refractivity contribution in [2.24, 2.45) is 0 Å². The molecule has 9 heteroatoms. The molecule has 2 N–H and O–H groups in total. The van der Waals surface area contributed by atoms with Crippen LogP contribution in [0.5, 0.6) is 11.8 Å². The smallest absolute Gasteiger partial charge is 0.492 e. The molecule has 8 nitrogen and oxygen atoms in total. The minimum Gasteiger partial charge on any atom is -0.492 e. The molecule has 0 saturated carbocycles. The molecule has 124 valence electrons. The van der Waals surface area contributed by atoms with Gasteiger partial charge in [-0.2, -0.15) is 0 Å². The first-order chi connectivity index (χ1) is 10.8. The third-order valence-corrected chi connectivity index (χ3v) is 4.72. The molecule has 0 saturated heterocycles. The van der Waals surface area contributed by atoms with Crippen LogP contribution in [0, 0.1) is 0 Å². The molecule has 0 radical (unpaired) electrons. The van der Waals surface area contributed by atoms with Gasteiger partial charge in [0, 0.05) is 12.1 Å². The molecule has 0 bridgehead atoms. The van der Waals surface area contributed by atoms with Gasteiger partial charge in [-0.1, -0.05) is 18.2 Å². The molecule has 1 aromatic carbocycles. The fourth-order valence-electron chi connectivity index (χ4n) is 1.82. The van der Waals surface area contributed by atoms with E-state index in [-0.39, 0.29) is 4.90 Å². The summed E-state index contributed by atoms with van der Waals surface area (Å²) in [6.07, 6.45) is -2.25. The zero-order valence-electron chi connectivity index (χ0n) is 12.1. The van der Waals surface area contributed by atoms with E-state index < -0.39 is 39.6 Å². The summed E-state index contributed by atoms with van der Waals surface area (Å²) in [4.78, 5) is 16.2. The molecule has 0 aliphatic rings. The quantitative estimate of drug-likeness (QED) is 0.788. The van der Waals surface area contributed by atoms with Crippen molar-refractivity contribution in [3.8, 4) is 11.8 Å². The van der Waals surface area contributed by atoms with Gasteiger partial charge < -0.3 is 14.9 Å². The van der Waals surface area contributed by atoms with Crippen LogP contribution in [0.2, 0.25) is 0 Å². The van der Waals surface area contributed by atoms with Crippen molar-refractivity contribution in [1.29, 1.82) is 0 Å². The number of rotatable bonds is 5. The molecule has 0 amide bonds. The molecule has 0 spiro atoms. The van der Waals surface area contributed by atoms with Crippen LogP contribution in [0.1, 0.15) is 6.92 Å². The van der Waals surface area contributed by atoms with E-state index in [0.717, 1.165) is 12.1 Å². The first-order valence-corrected chi connectivity index (χ1v) is 8.21. The molecule has 2 aromatic rings. The van der Waals surface area contributed by atoms with Crippen molar-refractivity contribution >= 4 is 16.0 Å². The molecule has 0 fully saturated rings. The normalized spacial score (nSPS) is 12.6. The number of carbonyl (C=O) groups excluding carboxylic acids is 1. The van der Waals surface area contributed by atoms with Crippen molar-refractivity contribution in [3.05, 3.63) is 42.5 Å². The molecule has 1 aromatic heterocycles. The predicted molar refractivity (Wildman–Crippen MR) is 78.8 cm³/mol. The van der Waals surface area contributed by atoms with Gasteiger partial charge in [0.2, 0.25) is 11.8 Å². The largest absolute Gasteiger partial charge is 0.534 e. The number of carbonyl (C=O) groups is 1. The van der Waals surface area contributed by atoms with Crippen LogP contribution in [0.4, 0.5) is 4.79 Å². The molecular weight excluding hydrogens is 326 g/mol. The number of benzene rings is 1. The lowest BCUT2D eigenvalue weighted by molar-refractivity contribution is 0.0192. The van der Waals surface area contributed by atoms with Crippen molar-refractivity contribution in [1.82, 2.24) is 4.73 Å². The summed E-state index contributed by atoms with van der Waals surface area (Å²) in [5.74, 6) is -1.46. The van der Waals surface area contributed by atoms with Gasteiger partial charge in [-0.3, -0.25) is 4.84 Å². The SMILES string of the molecule is CC(CS(=O)(=O)c1ccccc1)OC(=O)On1c(O)ccc1O. The van der Waals surface area contributed by atoms with Gasteiger partial charge in [0.1, 0.15) is 6.10 Å². The highest BCUT2D eigenvalue weighted by atomic mass is 32.2. The van der Waals surface area contributed by atoms with Crippen LogP contribution in [0.15, 0.2) is 47.4 Å². The highest BCUT2D eigenvalue weighted by molar-refractivity contribution is 7.91. The summed E-state index contributed by atoms with van der Waals surface area (Å²) in [5, 5.41) is 18.6. The Kier molecular flexibility index (Phi) is 4.80. The zero-order valence-corrected chi connectivity index (χ0v) is 12.9. The van der Waals surface area contributed by atoms with Gasteiger partial charge in [-0.25, -0.2) is 13.2 Å². The average Bonchev–Trinajstić information content (AvgIpc) is 2.79. The molecule has 1 atom stereocenters. The molecule has 1 unspecified atom stereocenters. The molecular formula is C14H15NO7S. The Balaban J connectivity index is 1.97. The van der Waals surface area contributed by atoms with Gasteiger partial charge in [-0.05, 0) is 19.1 Å². The molecule has 0 aliphatic heterocycles. The number of ether oxygens (including phenoxy) is 1. The van der Waals surface area contributed by atoms with Crippen LogP contribution in [-0.2, 0) is 14.6 Å². The van der Waals surface area contributed by atoms with Crippen molar-refractivity contribution in [2.75, 3.05) is 5.75 Å². The minimum absolute atomic E-state index is 0.115. The lowest BCUT2D eigenvalue weighted by atomic mass is 10.4. The van der Waals surface area contributed by atoms with Gasteiger partial charge in [0.25, 0.3) is 0 Å². The van der Waals surface area contributed by atoms with E-state index in [9.17, 15) is 23.4 Å². The summed E-state index contributed by atoms with van der Waals surface area (Å²) >= 11 is 0. The third-order valence-electron chi connectivity index (χ3n) is 2.82. The molecule has 23 heavy (non-hydrogen) atoms. The van der Waals surface area contributed by atoms with Crippen molar-refractivity contribution < 1.29 is 33.0 Å². The van der Waals surface area contributed by atoms with Crippen molar-refractivity contribution in [2.45, 2.75) is 17.9 Å². The second-order valence-electron chi connectivity index (χ2n) is 4.71. The maximum absolute atomic E-state index is 12.1. The first kappa shape index (κ1) is 16.7. The van der Waals surface area contributed by atoms with E-state index in [1.807, 2.05) is 0 Å². The maximum atomic E-state index is 12.1. The number of hydrogen-bond donors (Lipinski definition) is 2. The van der Waals surface area contributed by atoms with E-state index in [2.05, 4.69) is 4.84 Å². The van der Waals surface area contributed by atoms with Gasteiger partial charge in [0.15, 0.2) is 9.84 Å². The lowest BCUT2D eigenvalue weighted by Crippen LogP contribution is -2.28. The maximum Gasteiger partial charge on any atom is 0.534 e. The highest BCUT2D eigenvalue weighted by Gasteiger charge is 2.22. The average molecular weight is 341 g/mol. The second kappa shape index (κ2) is 6.61. The van der Waals surface area contributed by atoms with Crippen LogP contribution in [0.25, 0.3) is 0 Å². The Morgan fingerprint density at radius 3 is 2.26 bits per heavy atom. The standard InChI is InChI=1S/C14H15NO7S/c1-10(9-23(19,20)11-5-3-2-4-6-11)21-14(18)22-15-12(16)7-8-13(15)17/h2-8,10,16-17H,9H2,1H3. The van der Waals surface area contributed by atoms with Crippen LogP contribution in [-0.4, -0.2) is 41.4 Å². The highest BCUT2D eigenvalue weighted by Crippen LogP contribution is 2.19. The lowest BCUT2D eigenvalue weighted by Gasteiger charge is -2.14. The number of sulfone groups is 1. The Morgan fingerprint density at radius 2 is 1.70 bits per heavy atom. The fraction of sp³-hybridized carbons (Fsp3) is 0.214. The minimum atomic E-state index is -3.62. The predicted octanol–water partition coefficient (Wildman–Crippen LogP) is 1.33. The van der Waals surface area contributed by atoms with E-state index in [4.69, 9.17) is 4.74 Å². The van der Waals surface area contributed by atoms with E-state index in [1.165, 1.54) is 19.1 Å². The Morgan fingerprint density at radius 1 is 1.13 bits per heavy atom. The zero-order chi connectivity index (χ0) is 17.0. The topological polar surface area (TPSA) is 115 Å². The van der Waals surface area contributed by atoms with Gasteiger partial charge in [-0.15, -0.1) is 4.73 Å². The fourth-order valence-corrected chi connectivity index (χ4v) is 3.27. The summed E-state index contributed by atoms with van der Waals surface area (Å²) < 4.78 is 29.5. The first-order valence-electron chi connectivity index (χ1n) is 6.56. The molecule has 0 aliphatic carbocycles. The Hall–Kier alpha value is -2.68. The number of aromatic nitrogens is 1. The van der Waals surface area contributed by atoms with E-state index in [1.54, 1.807) is 18.2 Å². The third kappa shape index (κ3) is 4.16. The summed E-state index contributed by atoms with van der Waals surface area (Å²) in [5.41, 5.74) is 0. The van der Waals surface area contributed by atoms with Gasteiger partial charge in [0.05, 0.1) is 10.6 Å². The summed E-state index contributed by atoms with van der Waals surface area (Å²) in [6.45, 7) is 1.39. The number of aromatic hydroxyl groups is 2. The summed E-state index contributed by atoms with van der Waals surface area (Å²) in [6, 6.07) is 9.95. The molecule has 1 heterocycles. The van der Waals surface area contributed by atoms with Gasteiger partial charge >= 0.3 is 6.16 Å². The Bertz CT molecular complexity index is 763. The monoisotopic (exact) mass is 341 g/mol. The van der Waals surface area contributed by atoms with E-state index in [0.29, 0.717) is 4.73 Å². The summed E-state index contributed by atoms with van der Waals surface area (Å²) in [7, 11) is -3.62. The van der Waals surface area contributed by atoms with Crippen LogP contribution in [0.3, 0.4) is 0 Å². The van der Waals surface area contributed by atoms with E-state index >= 15 is 0 Å². The van der Waals surface area contributed by atoms with Crippen molar-refractivity contribution in [3.63, 3.8) is 0 Å². The Labute approximate surface area is 132 Å². The van der Waals surface area contributed by atoms with Crippen LogP contribution >= 0.6 is 0 Å². The second-order valence-corrected chi connectivity index (χ2v) is 6.74. The molecule has 2 rings (SSSR count). The number of nitrogens with zero attached hydrogens (tertiary/aromatic N) is 1. The number of hydrogen-bond acceptors (Lipinski definition) is 7.